The van der Waals surface area contributed by atoms with Crippen LogP contribution in [0.1, 0.15) is 6.42 Å². The van der Waals surface area contributed by atoms with Crippen molar-refractivity contribution in [3.63, 3.8) is 0 Å². The van der Waals surface area contributed by atoms with E-state index in [-0.39, 0.29) is 0 Å². The molecule has 3 aromatic rings. The molecule has 0 bridgehead atoms. The Labute approximate surface area is 151 Å². The number of nitrogens with zero attached hydrogens (tertiary/aromatic N) is 4. The molecule has 0 saturated heterocycles. The highest BCUT2D eigenvalue weighted by atomic mass is 35.5. The van der Waals surface area contributed by atoms with Gasteiger partial charge in [-0.25, -0.2) is 4.98 Å². The van der Waals surface area contributed by atoms with Crippen molar-refractivity contribution in [2.75, 3.05) is 27.2 Å². The highest BCUT2D eigenvalue weighted by Crippen LogP contribution is 2.23. The smallest absolute Gasteiger partial charge is 0.259 e. The van der Waals surface area contributed by atoms with Crippen LogP contribution in [-0.4, -0.2) is 47.3 Å². The van der Waals surface area contributed by atoms with Gasteiger partial charge in [0.2, 0.25) is 11.7 Å². The molecule has 1 aromatic carbocycles. The van der Waals surface area contributed by atoms with Crippen molar-refractivity contribution in [1.29, 1.82) is 0 Å². The van der Waals surface area contributed by atoms with Crippen LogP contribution in [0.5, 0.6) is 5.88 Å². The number of rotatable bonds is 7. The highest BCUT2D eigenvalue weighted by molar-refractivity contribution is 6.30. The van der Waals surface area contributed by atoms with Gasteiger partial charge in [0, 0.05) is 29.4 Å². The summed E-state index contributed by atoms with van der Waals surface area (Å²) in [6.45, 7) is 1.61. The minimum atomic E-state index is 0.414. The lowest BCUT2D eigenvalue weighted by Crippen LogP contribution is -2.15. The molecule has 0 fully saturated rings. The SMILES string of the molecule is CN(C)CCCOc1ccc(-c2nc(-c3ccc(Cl)cc3)no2)cn1. The molecular weight excluding hydrogens is 340 g/mol. The molecule has 0 unspecified atom stereocenters. The lowest BCUT2D eigenvalue weighted by molar-refractivity contribution is 0.273. The van der Waals surface area contributed by atoms with Gasteiger partial charge in [0.25, 0.3) is 5.89 Å². The van der Waals surface area contributed by atoms with Gasteiger partial charge in [-0.2, -0.15) is 4.98 Å². The molecule has 0 radical (unpaired) electrons. The van der Waals surface area contributed by atoms with Gasteiger partial charge in [-0.15, -0.1) is 0 Å². The fraction of sp³-hybridized carbons (Fsp3) is 0.278. The maximum Gasteiger partial charge on any atom is 0.259 e. The molecule has 0 aliphatic rings. The number of ether oxygens (including phenoxy) is 1. The molecule has 6 nitrogen and oxygen atoms in total. The van der Waals surface area contributed by atoms with Crippen molar-refractivity contribution >= 4 is 11.6 Å². The summed E-state index contributed by atoms with van der Waals surface area (Å²) < 4.78 is 10.9. The molecule has 25 heavy (non-hydrogen) atoms. The minimum absolute atomic E-state index is 0.414. The summed E-state index contributed by atoms with van der Waals surface area (Å²) in [6.07, 6.45) is 2.62. The second kappa shape index (κ2) is 8.09. The molecule has 0 aliphatic carbocycles. The Morgan fingerprint density at radius 2 is 1.84 bits per heavy atom. The van der Waals surface area contributed by atoms with Gasteiger partial charge in [0.05, 0.1) is 12.2 Å². The van der Waals surface area contributed by atoms with Crippen LogP contribution < -0.4 is 4.74 Å². The third-order valence-electron chi connectivity index (χ3n) is 3.51. The van der Waals surface area contributed by atoms with Crippen LogP contribution in [0.15, 0.2) is 47.1 Å². The number of benzene rings is 1. The van der Waals surface area contributed by atoms with Gasteiger partial charge in [0.15, 0.2) is 0 Å². The van der Waals surface area contributed by atoms with Crippen LogP contribution in [0.3, 0.4) is 0 Å². The second-order valence-corrected chi connectivity index (χ2v) is 6.26. The van der Waals surface area contributed by atoms with Crippen molar-refractivity contribution in [3.8, 4) is 28.7 Å². The van der Waals surface area contributed by atoms with E-state index in [4.69, 9.17) is 20.9 Å². The molecule has 0 spiro atoms. The van der Waals surface area contributed by atoms with Crippen molar-refractivity contribution in [2.45, 2.75) is 6.42 Å². The third-order valence-corrected chi connectivity index (χ3v) is 3.76. The topological polar surface area (TPSA) is 64.3 Å². The number of hydrogen-bond donors (Lipinski definition) is 0. The first-order valence-corrected chi connectivity index (χ1v) is 8.33. The maximum absolute atomic E-state index is 5.89. The van der Waals surface area contributed by atoms with Crippen molar-refractivity contribution < 1.29 is 9.26 Å². The standard InChI is InChI=1S/C18H19ClN4O2/c1-23(2)10-3-11-24-16-9-6-14(12-20-16)18-21-17(22-25-18)13-4-7-15(19)8-5-13/h4-9,12H,3,10-11H2,1-2H3. The average Bonchev–Trinajstić information content (AvgIpc) is 3.10. The Bertz CT molecular complexity index is 801. The molecular formula is C18H19ClN4O2. The monoisotopic (exact) mass is 358 g/mol. The van der Waals surface area contributed by atoms with E-state index in [0.717, 1.165) is 24.1 Å². The number of pyridine rings is 1. The zero-order valence-electron chi connectivity index (χ0n) is 14.1. The zero-order valence-corrected chi connectivity index (χ0v) is 14.9. The summed E-state index contributed by atoms with van der Waals surface area (Å²) in [6, 6.07) is 10.9. The molecule has 0 N–H and O–H groups in total. The molecule has 130 valence electrons. The lowest BCUT2D eigenvalue weighted by atomic mass is 10.2. The van der Waals surface area contributed by atoms with Crippen LogP contribution in [0, 0.1) is 0 Å². The average molecular weight is 359 g/mol. The van der Waals surface area contributed by atoms with Gasteiger partial charge >= 0.3 is 0 Å². The Morgan fingerprint density at radius 1 is 1.08 bits per heavy atom. The quantitative estimate of drug-likeness (QED) is 0.599. The maximum atomic E-state index is 5.89. The largest absolute Gasteiger partial charge is 0.478 e. The molecule has 2 aromatic heterocycles. The van der Waals surface area contributed by atoms with E-state index < -0.39 is 0 Å². The first-order valence-electron chi connectivity index (χ1n) is 7.95. The molecule has 0 saturated carbocycles. The van der Waals surface area contributed by atoms with Gasteiger partial charge in [-0.1, -0.05) is 16.8 Å². The van der Waals surface area contributed by atoms with Crippen molar-refractivity contribution in [3.05, 3.63) is 47.6 Å². The zero-order chi connectivity index (χ0) is 17.6. The van der Waals surface area contributed by atoms with Gasteiger partial charge in [-0.05, 0) is 50.8 Å². The van der Waals surface area contributed by atoms with Crippen LogP contribution in [0.4, 0.5) is 0 Å². The summed E-state index contributed by atoms with van der Waals surface area (Å²) in [5.74, 6) is 1.51. The third kappa shape index (κ3) is 4.78. The van der Waals surface area contributed by atoms with Gasteiger partial charge in [-0.3, -0.25) is 0 Å². The Hall–Kier alpha value is -2.44. The summed E-state index contributed by atoms with van der Waals surface area (Å²) >= 11 is 5.89. The number of halogens is 1. The van der Waals surface area contributed by atoms with E-state index in [9.17, 15) is 0 Å². The molecule has 2 heterocycles. The second-order valence-electron chi connectivity index (χ2n) is 5.82. The first-order chi connectivity index (χ1) is 12.1. The van der Waals surface area contributed by atoms with Crippen LogP contribution in [-0.2, 0) is 0 Å². The Morgan fingerprint density at radius 3 is 2.52 bits per heavy atom. The van der Waals surface area contributed by atoms with Crippen molar-refractivity contribution in [2.24, 2.45) is 0 Å². The fourth-order valence-electron chi connectivity index (χ4n) is 2.21. The Balaban J connectivity index is 1.63. The van der Waals surface area contributed by atoms with E-state index in [0.29, 0.717) is 29.2 Å². The summed E-state index contributed by atoms with van der Waals surface area (Å²) in [5.41, 5.74) is 1.58. The molecule has 3 rings (SSSR count). The van der Waals surface area contributed by atoms with E-state index in [2.05, 4.69) is 20.0 Å². The van der Waals surface area contributed by atoms with E-state index >= 15 is 0 Å². The van der Waals surface area contributed by atoms with Gasteiger partial charge in [0.1, 0.15) is 0 Å². The molecule has 0 atom stereocenters. The summed E-state index contributed by atoms with van der Waals surface area (Å²) in [5, 5.41) is 4.66. The van der Waals surface area contributed by atoms with Crippen molar-refractivity contribution in [1.82, 2.24) is 20.0 Å². The normalized spacial score (nSPS) is 11.0. The lowest BCUT2D eigenvalue weighted by Gasteiger charge is -2.09. The molecule has 7 heteroatoms. The van der Waals surface area contributed by atoms with Gasteiger partial charge < -0.3 is 14.2 Å². The fourth-order valence-corrected chi connectivity index (χ4v) is 2.33. The van der Waals surface area contributed by atoms with E-state index in [1.165, 1.54) is 0 Å². The molecule has 0 aliphatic heterocycles. The van der Waals surface area contributed by atoms with E-state index in [1.54, 1.807) is 24.4 Å². The summed E-state index contributed by atoms with van der Waals surface area (Å²) in [7, 11) is 4.07. The first kappa shape index (κ1) is 17.4. The summed E-state index contributed by atoms with van der Waals surface area (Å²) in [4.78, 5) is 10.8. The number of aromatic nitrogens is 3. The van der Waals surface area contributed by atoms with E-state index in [1.807, 2.05) is 32.3 Å². The molecule has 0 amide bonds. The number of hydrogen-bond acceptors (Lipinski definition) is 6. The highest BCUT2D eigenvalue weighted by Gasteiger charge is 2.11. The predicted octanol–water partition coefficient (Wildman–Crippen LogP) is 3.78. The van der Waals surface area contributed by atoms with Crippen LogP contribution in [0.2, 0.25) is 5.02 Å². The Kier molecular flexibility index (Phi) is 5.63. The minimum Gasteiger partial charge on any atom is -0.478 e. The van der Waals surface area contributed by atoms with Crippen LogP contribution >= 0.6 is 11.6 Å². The van der Waals surface area contributed by atoms with Crippen LogP contribution in [0.25, 0.3) is 22.8 Å². The predicted molar refractivity (Wildman–Crippen MR) is 96.6 cm³/mol.